The zero-order valence-electron chi connectivity index (χ0n) is 13.8. The Morgan fingerprint density at radius 2 is 1.78 bits per heavy atom. The SMILES string of the molecule is CCCCCCCNC(=O)OC[C@H]1O[C@H](OC)[C@H](O)[C@@H](O)[C@@H]1O. The molecule has 0 bridgehead atoms. The van der Waals surface area contributed by atoms with Crippen molar-refractivity contribution in [2.75, 3.05) is 20.3 Å². The molecule has 1 fully saturated rings. The first-order chi connectivity index (χ1) is 11.0. The van der Waals surface area contributed by atoms with Crippen molar-refractivity contribution in [2.45, 2.75) is 69.7 Å². The molecule has 0 aromatic carbocycles. The van der Waals surface area contributed by atoms with Crippen LogP contribution in [0, 0.1) is 0 Å². The molecule has 136 valence electrons. The number of carbonyl (C=O) groups is 1. The molecule has 0 saturated carbocycles. The topological polar surface area (TPSA) is 117 Å². The predicted molar refractivity (Wildman–Crippen MR) is 81.8 cm³/mol. The summed E-state index contributed by atoms with van der Waals surface area (Å²) in [6.45, 7) is 2.42. The molecule has 1 heterocycles. The van der Waals surface area contributed by atoms with Crippen LogP contribution in [0.1, 0.15) is 39.0 Å². The molecule has 8 heteroatoms. The fourth-order valence-corrected chi connectivity index (χ4v) is 2.38. The van der Waals surface area contributed by atoms with Gasteiger partial charge in [-0.15, -0.1) is 0 Å². The highest BCUT2D eigenvalue weighted by Gasteiger charge is 2.44. The number of carbonyl (C=O) groups excluding carboxylic acids is 1. The van der Waals surface area contributed by atoms with Crippen molar-refractivity contribution >= 4 is 6.09 Å². The van der Waals surface area contributed by atoms with Crippen LogP contribution in [0.4, 0.5) is 4.79 Å². The fourth-order valence-electron chi connectivity index (χ4n) is 2.38. The molecule has 0 aromatic rings. The Kier molecular flexibility index (Phi) is 9.42. The molecule has 1 saturated heterocycles. The highest BCUT2D eigenvalue weighted by molar-refractivity contribution is 5.67. The minimum absolute atomic E-state index is 0.244. The van der Waals surface area contributed by atoms with E-state index in [2.05, 4.69) is 12.2 Å². The second kappa shape index (κ2) is 10.8. The first-order valence-electron chi connectivity index (χ1n) is 8.14. The number of unbranched alkanes of at least 4 members (excludes halogenated alkanes) is 4. The number of aliphatic hydroxyl groups is 3. The summed E-state index contributed by atoms with van der Waals surface area (Å²) < 4.78 is 15.1. The van der Waals surface area contributed by atoms with E-state index in [4.69, 9.17) is 14.2 Å². The molecular weight excluding hydrogens is 306 g/mol. The van der Waals surface area contributed by atoms with E-state index >= 15 is 0 Å². The number of hydrogen-bond donors (Lipinski definition) is 4. The Balaban J connectivity index is 2.24. The molecule has 1 rings (SSSR count). The first kappa shape index (κ1) is 20.1. The molecule has 4 N–H and O–H groups in total. The van der Waals surface area contributed by atoms with Crippen LogP contribution in [0.25, 0.3) is 0 Å². The van der Waals surface area contributed by atoms with E-state index in [0.717, 1.165) is 19.3 Å². The van der Waals surface area contributed by atoms with Crippen molar-refractivity contribution in [3.63, 3.8) is 0 Å². The summed E-state index contributed by atoms with van der Waals surface area (Å²) >= 11 is 0. The molecule has 1 aliphatic rings. The monoisotopic (exact) mass is 335 g/mol. The highest BCUT2D eigenvalue weighted by Crippen LogP contribution is 2.21. The van der Waals surface area contributed by atoms with Gasteiger partial charge in [0.25, 0.3) is 0 Å². The minimum Gasteiger partial charge on any atom is -0.447 e. The third-order valence-corrected chi connectivity index (χ3v) is 3.83. The number of alkyl carbamates (subject to hydrolysis) is 1. The lowest BCUT2D eigenvalue weighted by molar-refractivity contribution is -0.294. The van der Waals surface area contributed by atoms with Crippen LogP contribution in [0.2, 0.25) is 0 Å². The zero-order chi connectivity index (χ0) is 17.2. The molecule has 23 heavy (non-hydrogen) atoms. The largest absolute Gasteiger partial charge is 0.447 e. The molecular formula is C15H29NO7. The third kappa shape index (κ3) is 6.60. The Labute approximate surface area is 136 Å². The molecule has 0 radical (unpaired) electrons. The van der Waals surface area contributed by atoms with Gasteiger partial charge in [-0.25, -0.2) is 4.79 Å². The van der Waals surface area contributed by atoms with Crippen LogP contribution in [0.5, 0.6) is 0 Å². The van der Waals surface area contributed by atoms with Gasteiger partial charge in [-0.2, -0.15) is 0 Å². The summed E-state index contributed by atoms with van der Waals surface area (Å²) in [5.74, 6) is 0. The van der Waals surface area contributed by atoms with Gasteiger partial charge in [0.2, 0.25) is 0 Å². The second-order valence-corrected chi connectivity index (χ2v) is 5.69. The lowest BCUT2D eigenvalue weighted by atomic mass is 9.99. The number of methoxy groups -OCH3 is 1. The van der Waals surface area contributed by atoms with Gasteiger partial charge in [-0.3, -0.25) is 0 Å². The van der Waals surface area contributed by atoms with E-state index in [1.165, 1.54) is 20.0 Å². The standard InChI is InChI=1S/C15H29NO7/c1-3-4-5-6-7-8-16-15(20)22-9-10-11(17)12(18)13(19)14(21-2)23-10/h10-14,17-19H,3-9H2,1-2H3,(H,16,20)/t10-,11-,12+,13-,14+/m1/s1. The molecule has 5 atom stereocenters. The van der Waals surface area contributed by atoms with E-state index < -0.39 is 36.8 Å². The van der Waals surface area contributed by atoms with Crippen LogP contribution in [-0.4, -0.2) is 72.4 Å². The lowest BCUT2D eigenvalue weighted by Gasteiger charge is -2.39. The zero-order valence-corrected chi connectivity index (χ0v) is 13.8. The van der Waals surface area contributed by atoms with Crippen molar-refractivity contribution in [1.82, 2.24) is 5.32 Å². The molecule has 8 nitrogen and oxygen atoms in total. The van der Waals surface area contributed by atoms with Gasteiger partial charge in [-0.1, -0.05) is 32.6 Å². The molecule has 0 unspecified atom stereocenters. The summed E-state index contributed by atoms with van der Waals surface area (Å²) in [6, 6.07) is 0. The van der Waals surface area contributed by atoms with E-state index in [9.17, 15) is 20.1 Å². The van der Waals surface area contributed by atoms with Crippen molar-refractivity contribution < 1.29 is 34.3 Å². The van der Waals surface area contributed by atoms with Gasteiger partial charge in [0, 0.05) is 13.7 Å². The Bertz CT molecular complexity index is 340. The molecule has 0 spiro atoms. The average molecular weight is 335 g/mol. The molecule has 0 aromatic heterocycles. The quantitative estimate of drug-likeness (QED) is 0.443. The smallest absolute Gasteiger partial charge is 0.407 e. The number of ether oxygens (including phenoxy) is 3. The number of rotatable bonds is 9. The Hall–Kier alpha value is -0.930. The normalized spacial score (nSPS) is 30.9. The number of nitrogens with one attached hydrogen (secondary N) is 1. The van der Waals surface area contributed by atoms with E-state index in [1.54, 1.807) is 0 Å². The summed E-state index contributed by atoms with van der Waals surface area (Å²) in [5, 5.41) is 31.8. The van der Waals surface area contributed by atoms with Crippen molar-refractivity contribution in [3.05, 3.63) is 0 Å². The van der Waals surface area contributed by atoms with Gasteiger partial charge in [-0.05, 0) is 6.42 Å². The average Bonchev–Trinajstić information content (AvgIpc) is 2.55. The number of amides is 1. The minimum atomic E-state index is -1.43. The van der Waals surface area contributed by atoms with Crippen molar-refractivity contribution in [2.24, 2.45) is 0 Å². The number of hydrogen-bond acceptors (Lipinski definition) is 7. The van der Waals surface area contributed by atoms with Crippen LogP contribution >= 0.6 is 0 Å². The lowest BCUT2D eigenvalue weighted by Crippen LogP contribution is -2.59. The van der Waals surface area contributed by atoms with E-state index in [0.29, 0.717) is 6.54 Å². The summed E-state index contributed by atoms with van der Waals surface area (Å²) in [5.41, 5.74) is 0. The molecule has 0 aliphatic carbocycles. The van der Waals surface area contributed by atoms with Gasteiger partial charge < -0.3 is 34.8 Å². The maximum atomic E-state index is 11.6. The molecule has 1 amide bonds. The maximum Gasteiger partial charge on any atom is 0.407 e. The van der Waals surface area contributed by atoms with Gasteiger partial charge >= 0.3 is 6.09 Å². The van der Waals surface area contributed by atoms with Crippen LogP contribution < -0.4 is 5.32 Å². The summed E-state index contributed by atoms with van der Waals surface area (Å²) in [7, 11) is 1.31. The summed E-state index contributed by atoms with van der Waals surface area (Å²) in [6.07, 6.45) is -1.35. The molecule has 1 aliphatic heterocycles. The van der Waals surface area contributed by atoms with E-state index in [1.807, 2.05) is 0 Å². The third-order valence-electron chi connectivity index (χ3n) is 3.83. The second-order valence-electron chi connectivity index (χ2n) is 5.69. The number of aliphatic hydroxyl groups excluding tert-OH is 3. The van der Waals surface area contributed by atoms with Crippen LogP contribution in [-0.2, 0) is 14.2 Å². The fraction of sp³-hybridized carbons (Fsp3) is 0.933. The van der Waals surface area contributed by atoms with Crippen molar-refractivity contribution in [1.29, 1.82) is 0 Å². The van der Waals surface area contributed by atoms with E-state index in [-0.39, 0.29) is 6.61 Å². The highest BCUT2D eigenvalue weighted by atomic mass is 16.7. The Morgan fingerprint density at radius 3 is 2.43 bits per heavy atom. The van der Waals surface area contributed by atoms with Gasteiger partial charge in [0.15, 0.2) is 6.29 Å². The Morgan fingerprint density at radius 1 is 1.09 bits per heavy atom. The first-order valence-corrected chi connectivity index (χ1v) is 8.14. The predicted octanol–water partition coefficient (Wildman–Crippen LogP) is 0.137. The maximum absolute atomic E-state index is 11.6. The summed E-state index contributed by atoms with van der Waals surface area (Å²) in [4.78, 5) is 11.6. The van der Waals surface area contributed by atoms with Crippen LogP contribution in [0.3, 0.4) is 0 Å². The van der Waals surface area contributed by atoms with Gasteiger partial charge in [0.1, 0.15) is 31.0 Å². The van der Waals surface area contributed by atoms with Gasteiger partial charge in [0.05, 0.1) is 0 Å². The van der Waals surface area contributed by atoms with Crippen LogP contribution in [0.15, 0.2) is 0 Å². The van der Waals surface area contributed by atoms with Crippen molar-refractivity contribution in [3.8, 4) is 0 Å².